The fourth-order valence-corrected chi connectivity index (χ4v) is 3.35. The molecular formula is C14H11Cl2NO4S. The van der Waals surface area contributed by atoms with E-state index in [9.17, 15) is 13.2 Å². The summed E-state index contributed by atoms with van der Waals surface area (Å²) in [6.07, 6.45) is 0. The molecule has 2 N–H and O–H groups in total. The number of anilines is 1. The first-order valence-electron chi connectivity index (χ1n) is 6.02. The maximum atomic E-state index is 12.3. The maximum Gasteiger partial charge on any atom is 0.337 e. The Bertz CT molecular complexity index is 833. The lowest BCUT2D eigenvalue weighted by Gasteiger charge is -2.11. The second-order valence-electron chi connectivity index (χ2n) is 4.54. The van der Waals surface area contributed by atoms with Crippen LogP contribution in [-0.4, -0.2) is 19.5 Å². The van der Waals surface area contributed by atoms with Crippen LogP contribution >= 0.6 is 23.2 Å². The Morgan fingerprint density at radius 2 is 1.68 bits per heavy atom. The van der Waals surface area contributed by atoms with Gasteiger partial charge in [0.25, 0.3) is 10.0 Å². The lowest BCUT2D eigenvalue weighted by molar-refractivity contribution is 0.0697. The van der Waals surface area contributed by atoms with Crippen molar-refractivity contribution in [1.82, 2.24) is 0 Å². The molecule has 2 rings (SSSR count). The molecule has 0 aliphatic rings. The third kappa shape index (κ3) is 3.52. The number of carbonyl (C=O) groups is 1. The van der Waals surface area contributed by atoms with Crippen LogP contribution in [0.3, 0.4) is 0 Å². The summed E-state index contributed by atoms with van der Waals surface area (Å²) in [5.41, 5.74) is 0.619. The van der Waals surface area contributed by atoms with Gasteiger partial charge in [0.2, 0.25) is 0 Å². The molecule has 0 heterocycles. The fourth-order valence-electron chi connectivity index (χ4n) is 1.71. The van der Waals surface area contributed by atoms with Crippen molar-refractivity contribution in [2.45, 2.75) is 11.8 Å². The minimum absolute atomic E-state index is 0.00527. The molecule has 5 nitrogen and oxygen atoms in total. The highest BCUT2D eigenvalue weighted by atomic mass is 35.5. The summed E-state index contributed by atoms with van der Waals surface area (Å²) in [4.78, 5) is 11.1. The predicted molar refractivity (Wildman–Crippen MR) is 85.4 cm³/mol. The number of carboxylic acid groups (broad SMARTS) is 1. The molecule has 116 valence electrons. The van der Waals surface area contributed by atoms with Gasteiger partial charge in [-0.15, -0.1) is 0 Å². The molecule has 0 aliphatic heterocycles. The van der Waals surface area contributed by atoms with Gasteiger partial charge in [-0.3, -0.25) is 4.72 Å². The van der Waals surface area contributed by atoms with Crippen LogP contribution in [0, 0.1) is 6.92 Å². The topological polar surface area (TPSA) is 83.5 Å². The van der Waals surface area contributed by atoms with Crippen LogP contribution in [0.5, 0.6) is 0 Å². The van der Waals surface area contributed by atoms with Gasteiger partial charge >= 0.3 is 5.97 Å². The average molecular weight is 360 g/mol. The zero-order chi connectivity index (χ0) is 16.5. The number of hydrogen-bond donors (Lipinski definition) is 2. The van der Waals surface area contributed by atoms with Crippen molar-refractivity contribution in [1.29, 1.82) is 0 Å². The van der Waals surface area contributed by atoms with E-state index >= 15 is 0 Å². The summed E-state index contributed by atoms with van der Waals surface area (Å²) >= 11 is 11.7. The Labute approximate surface area is 137 Å². The molecule has 0 aromatic heterocycles. The lowest BCUT2D eigenvalue weighted by atomic mass is 10.2. The Hall–Kier alpha value is -1.76. The van der Waals surface area contributed by atoms with E-state index in [1.54, 1.807) is 12.1 Å². The van der Waals surface area contributed by atoms with Gasteiger partial charge in [0.15, 0.2) is 0 Å². The van der Waals surface area contributed by atoms with Crippen LogP contribution in [0.1, 0.15) is 15.9 Å². The Kier molecular flexibility index (Phi) is 4.65. The van der Waals surface area contributed by atoms with E-state index in [-0.39, 0.29) is 26.2 Å². The zero-order valence-corrected chi connectivity index (χ0v) is 13.6. The smallest absolute Gasteiger partial charge is 0.337 e. The van der Waals surface area contributed by atoms with E-state index < -0.39 is 16.0 Å². The Morgan fingerprint density at radius 3 is 2.23 bits per heavy atom. The van der Waals surface area contributed by atoms with Gasteiger partial charge in [-0.2, -0.15) is 0 Å². The molecule has 0 fully saturated rings. The van der Waals surface area contributed by atoms with Gasteiger partial charge < -0.3 is 5.11 Å². The Morgan fingerprint density at radius 1 is 1.09 bits per heavy atom. The highest BCUT2D eigenvalue weighted by molar-refractivity contribution is 7.92. The summed E-state index contributed by atoms with van der Waals surface area (Å²) in [6.45, 7) is 1.83. The van der Waals surface area contributed by atoms with Gasteiger partial charge in [-0.1, -0.05) is 40.9 Å². The number of halogens is 2. The maximum absolute atomic E-state index is 12.3. The standard InChI is InChI=1S/C14H11Cl2NO4S/c1-8-2-4-9(5-3-8)22(20,21)17-13-6-10(14(18)19)11(15)7-12(13)16/h2-7,17H,1H3,(H,18,19). The Balaban J connectivity index is 2.43. The highest BCUT2D eigenvalue weighted by Gasteiger charge is 2.19. The third-order valence-corrected chi connectivity index (χ3v) is 4.87. The van der Waals surface area contributed by atoms with Gasteiger partial charge in [0.1, 0.15) is 0 Å². The van der Waals surface area contributed by atoms with Crippen molar-refractivity contribution in [3.8, 4) is 0 Å². The lowest BCUT2D eigenvalue weighted by Crippen LogP contribution is -2.14. The van der Waals surface area contributed by atoms with E-state index in [4.69, 9.17) is 28.3 Å². The van der Waals surface area contributed by atoms with E-state index in [2.05, 4.69) is 4.72 Å². The number of aromatic carboxylic acids is 1. The van der Waals surface area contributed by atoms with Crippen LogP contribution < -0.4 is 4.72 Å². The molecule has 0 saturated heterocycles. The molecule has 0 atom stereocenters. The minimum atomic E-state index is -3.88. The SMILES string of the molecule is Cc1ccc(S(=O)(=O)Nc2cc(C(=O)O)c(Cl)cc2Cl)cc1. The highest BCUT2D eigenvalue weighted by Crippen LogP contribution is 2.31. The van der Waals surface area contributed by atoms with Gasteiger partial charge in [-0.05, 0) is 31.2 Å². The van der Waals surface area contributed by atoms with Gasteiger partial charge in [0.05, 0.1) is 26.2 Å². The molecule has 0 radical (unpaired) electrons. The molecule has 0 saturated carbocycles. The predicted octanol–water partition coefficient (Wildman–Crippen LogP) is 3.80. The van der Waals surface area contributed by atoms with Gasteiger partial charge in [-0.25, -0.2) is 13.2 Å². The molecule has 0 amide bonds. The normalized spacial score (nSPS) is 11.2. The third-order valence-electron chi connectivity index (χ3n) is 2.86. The largest absolute Gasteiger partial charge is 0.478 e. The summed E-state index contributed by atoms with van der Waals surface area (Å²) in [5.74, 6) is -1.28. The van der Waals surface area contributed by atoms with E-state index in [1.165, 1.54) is 18.2 Å². The summed E-state index contributed by atoms with van der Waals surface area (Å²) in [7, 11) is -3.88. The van der Waals surface area contributed by atoms with E-state index in [0.717, 1.165) is 11.6 Å². The van der Waals surface area contributed by atoms with Crippen LogP contribution in [0.2, 0.25) is 10.0 Å². The van der Waals surface area contributed by atoms with Crippen molar-refractivity contribution >= 4 is 44.9 Å². The molecule has 2 aromatic rings. The van der Waals surface area contributed by atoms with Crippen molar-refractivity contribution in [2.24, 2.45) is 0 Å². The molecule has 0 bridgehead atoms. The number of nitrogens with one attached hydrogen (secondary N) is 1. The fraction of sp³-hybridized carbons (Fsp3) is 0.0714. The van der Waals surface area contributed by atoms with Crippen molar-refractivity contribution in [3.63, 3.8) is 0 Å². The number of hydrogen-bond acceptors (Lipinski definition) is 3. The zero-order valence-electron chi connectivity index (χ0n) is 11.3. The van der Waals surface area contributed by atoms with Gasteiger partial charge in [0, 0.05) is 0 Å². The molecule has 0 aliphatic carbocycles. The van der Waals surface area contributed by atoms with Crippen molar-refractivity contribution < 1.29 is 18.3 Å². The molecule has 8 heteroatoms. The monoisotopic (exact) mass is 359 g/mol. The molecule has 0 unspecified atom stereocenters. The van der Waals surface area contributed by atoms with Crippen molar-refractivity contribution in [2.75, 3.05) is 4.72 Å². The second kappa shape index (κ2) is 6.16. The van der Waals surface area contributed by atoms with E-state index in [1.807, 2.05) is 6.92 Å². The quantitative estimate of drug-likeness (QED) is 0.869. The van der Waals surface area contributed by atoms with Crippen LogP contribution in [0.25, 0.3) is 0 Å². The summed E-state index contributed by atoms with van der Waals surface area (Å²) in [5, 5.41) is 8.95. The first-order chi connectivity index (χ1) is 10.2. The number of carboxylic acids is 1. The van der Waals surface area contributed by atoms with E-state index in [0.29, 0.717) is 0 Å². The minimum Gasteiger partial charge on any atom is -0.478 e. The first-order valence-corrected chi connectivity index (χ1v) is 8.26. The molecule has 22 heavy (non-hydrogen) atoms. The summed E-state index contributed by atoms with van der Waals surface area (Å²) in [6, 6.07) is 8.46. The van der Waals surface area contributed by atoms with Crippen molar-refractivity contribution in [3.05, 3.63) is 57.6 Å². The number of rotatable bonds is 4. The molecular weight excluding hydrogens is 349 g/mol. The number of sulfonamides is 1. The number of aryl methyl sites for hydroxylation is 1. The summed E-state index contributed by atoms with van der Waals surface area (Å²) < 4.78 is 26.8. The van der Waals surface area contributed by atoms with Crippen LogP contribution in [-0.2, 0) is 10.0 Å². The number of benzene rings is 2. The first kappa shape index (κ1) is 16.6. The van der Waals surface area contributed by atoms with Crippen LogP contribution in [0.15, 0.2) is 41.3 Å². The average Bonchev–Trinajstić information content (AvgIpc) is 2.41. The molecule has 2 aromatic carbocycles. The second-order valence-corrected chi connectivity index (χ2v) is 7.03. The molecule has 0 spiro atoms. The van der Waals surface area contributed by atoms with Crippen LogP contribution in [0.4, 0.5) is 5.69 Å².